The van der Waals surface area contributed by atoms with Gasteiger partial charge < -0.3 is 10.4 Å². The Hall–Kier alpha value is -0.840. The first-order valence-electron chi connectivity index (χ1n) is 5.73. The molecule has 2 N–H and O–H groups in total. The van der Waals surface area contributed by atoms with Gasteiger partial charge in [0, 0.05) is 42.8 Å². The lowest BCUT2D eigenvalue weighted by molar-refractivity contribution is 0.182. The summed E-state index contributed by atoms with van der Waals surface area (Å²) in [6, 6.07) is 2.59. The van der Waals surface area contributed by atoms with Gasteiger partial charge in [0.25, 0.3) is 0 Å². The van der Waals surface area contributed by atoms with Crippen LogP contribution in [0, 0.1) is 5.82 Å². The van der Waals surface area contributed by atoms with Crippen LogP contribution < -0.4 is 5.32 Å². The minimum Gasteiger partial charge on any atom is -0.505 e. The molecule has 1 saturated heterocycles. The lowest BCUT2D eigenvalue weighted by atomic mass is 10.0. The number of hydrogen-bond acceptors (Lipinski definition) is 3. The normalized spacial score (nSPS) is 19.2. The van der Waals surface area contributed by atoms with Crippen molar-refractivity contribution in [3.63, 3.8) is 0 Å². The summed E-state index contributed by atoms with van der Waals surface area (Å²) in [6.07, 6.45) is 0. The third-order valence-electron chi connectivity index (χ3n) is 3.23. The Balaban J connectivity index is 2.29. The molecule has 17 heavy (non-hydrogen) atoms. The predicted molar refractivity (Wildman–Crippen MR) is 65.9 cm³/mol. The van der Waals surface area contributed by atoms with Crippen molar-refractivity contribution in [2.75, 3.05) is 26.2 Å². The quantitative estimate of drug-likeness (QED) is 0.853. The fraction of sp³-hybridized carbons (Fsp3) is 0.500. The predicted octanol–water partition coefficient (Wildman–Crippen LogP) is 2.15. The molecule has 0 amide bonds. The number of nitrogens with zero attached hydrogens (tertiary/aromatic N) is 1. The second kappa shape index (κ2) is 5.21. The summed E-state index contributed by atoms with van der Waals surface area (Å²) in [5.74, 6) is -0.949. The molecule has 2 rings (SSSR count). The van der Waals surface area contributed by atoms with Crippen molar-refractivity contribution in [1.82, 2.24) is 10.2 Å². The summed E-state index contributed by atoms with van der Waals surface area (Å²) in [7, 11) is 0. The van der Waals surface area contributed by atoms with Crippen molar-refractivity contribution in [2.45, 2.75) is 13.0 Å². The van der Waals surface area contributed by atoms with Crippen LogP contribution in [0.4, 0.5) is 4.39 Å². The van der Waals surface area contributed by atoms with E-state index < -0.39 is 5.82 Å². The molecule has 1 aliphatic rings. The van der Waals surface area contributed by atoms with Crippen LogP contribution in [-0.4, -0.2) is 36.2 Å². The molecule has 3 nitrogen and oxygen atoms in total. The molecule has 1 atom stereocenters. The van der Waals surface area contributed by atoms with E-state index in [9.17, 15) is 9.50 Å². The molecule has 1 aromatic rings. The van der Waals surface area contributed by atoms with Gasteiger partial charge in [-0.3, -0.25) is 4.90 Å². The zero-order valence-corrected chi connectivity index (χ0v) is 10.5. The molecule has 0 bridgehead atoms. The van der Waals surface area contributed by atoms with Crippen molar-refractivity contribution < 1.29 is 9.50 Å². The van der Waals surface area contributed by atoms with E-state index in [-0.39, 0.29) is 11.8 Å². The van der Waals surface area contributed by atoms with Crippen LogP contribution >= 0.6 is 11.6 Å². The van der Waals surface area contributed by atoms with Crippen LogP contribution in [0.25, 0.3) is 0 Å². The topological polar surface area (TPSA) is 35.5 Å². The van der Waals surface area contributed by atoms with Gasteiger partial charge in [0.1, 0.15) is 0 Å². The molecular weight excluding hydrogens is 243 g/mol. The number of phenols is 1. The first kappa shape index (κ1) is 12.6. The number of benzene rings is 1. The van der Waals surface area contributed by atoms with E-state index >= 15 is 0 Å². The van der Waals surface area contributed by atoms with Crippen molar-refractivity contribution in [3.05, 3.63) is 28.5 Å². The molecule has 0 radical (unpaired) electrons. The molecule has 0 spiro atoms. The second-order valence-corrected chi connectivity index (χ2v) is 4.66. The Morgan fingerprint density at radius 2 is 2.06 bits per heavy atom. The zero-order chi connectivity index (χ0) is 12.4. The summed E-state index contributed by atoms with van der Waals surface area (Å²) < 4.78 is 13.3. The van der Waals surface area contributed by atoms with Crippen LogP contribution in [0.5, 0.6) is 5.75 Å². The molecule has 0 unspecified atom stereocenters. The average Bonchev–Trinajstić information content (AvgIpc) is 2.35. The smallest absolute Gasteiger partial charge is 0.165 e. The monoisotopic (exact) mass is 258 g/mol. The Morgan fingerprint density at radius 3 is 2.71 bits per heavy atom. The zero-order valence-electron chi connectivity index (χ0n) is 9.71. The van der Waals surface area contributed by atoms with Gasteiger partial charge in [0.15, 0.2) is 11.6 Å². The fourth-order valence-corrected chi connectivity index (χ4v) is 2.52. The number of rotatable bonds is 2. The maximum absolute atomic E-state index is 13.3. The van der Waals surface area contributed by atoms with E-state index in [4.69, 9.17) is 11.6 Å². The molecule has 1 aromatic carbocycles. The minimum absolute atomic E-state index is 0.0831. The standard InChI is InChI=1S/C12H16ClFN2O/c1-8(16-6-4-15-5-7-16)11-9(13)2-3-10(14)12(11)17/h2-3,8,15,17H,4-7H2,1H3/t8-/m1/s1. The largest absolute Gasteiger partial charge is 0.505 e. The van der Waals surface area contributed by atoms with Gasteiger partial charge in [0.05, 0.1) is 0 Å². The highest BCUT2D eigenvalue weighted by molar-refractivity contribution is 6.31. The van der Waals surface area contributed by atoms with E-state index in [2.05, 4.69) is 10.2 Å². The number of hydrogen-bond donors (Lipinski definition) is 2. The summed E-state index contributed by atoms with van der Waals surface area (Å²) in [5.41, 5.74) is 0.480. The van der Waals surface area contributed by atoms with Crippen LogP contribution in [0.2, 0.25) is 5.02 Å². The number of nitrogens with one attached hydrogen (secondary N) is 1. The SMILES string of the molecule is C[C@H](c1c(Cl)ccc(F)c1O)N1CCNCC1. The van der Waals surface area contributed by atoms with Gasteiger partial charge in [-0.1, -0.05) is 11.6 Å². The summed E-state index contributed by atoms with van der Waals surface area (Å²) in [6.45, 7) is 5.47. The van der Waals surface area contributed by atoms with Crippen LogP contribution in [0.1, 0.15) is 18.5 Å². The number of piperazine rings is 1. The van der Waals surface area contributed by atoms with E-state index in [1.54, 1.807) is 0 Å². The molecule has 94 valence electrons. The van der Waals surface area contributed by atoms with Gasteiger partial charge in [-0.15, -0.1) is 0 Å². The lowest BCUT2D eigenvalue weighted by Gasteiger charge is -2.33. The van der Waals surface area contributed by atoms with E-state index in [1.807, 2.05) is 6.92 Å². The molecule has 0 aromatic heterocycles. The van der Waals surface area contributed by atoms with Crippen molar-refractivity contribution in [2.24, 2.45) is 0 Å². The minimum atomic E-state index is -0.619. The molecule has 5 heteroatoms. The first-order chi connectivity index (χ1) is 8.11. The third kappa shape index (κ3) is 2.54. The second-order valence-electron chi connectivity index (χ2n) is 4.25. The molecule has 1 fully saturated rings. The molecule has 1 heterocycles. The van der Waals surface area contributed by atoms with Crippen molar-refractivity contribution in [3.8, 4) is 5.75 Å². The summed E-state index contributed by atoms with van der Waals surface area (Å²) >= 11 is 6.05. The number of phenolic OH excluding ortho intramolecular Hbond substituents is 1. The average molecular weight is 259 g/mol. The molecule has 0 aliphatic carbocycles. The number of halogens is 2. The van der Waals surface area contributed by atoms with Gasteiger partial charge in [-0.05, 0) is 19.1 Å². The lowest BCUT2D eigenvalue weighted by Crippen LogP contribution is -2.44. The van der Waals surface area contributed by atoms with E-state index in [0.717, 1.165) is 26.2 Å². The van der Waals surface area contributed by atoms with Crippen molar-refractivity contribution >= 4 is 11.6 Å². The Morgan fingerprint density at radius 1 is 1.41 bits per heavy atom. The van der Waals surface area contributed by atoms with E-state index in [1.165, 1.54) is 12.1 Å². The maximum Gasteiger partial charge on any atom is 0.165 e. The van der Waals surface area contributed by atoms with Crippen LogP contribution in [-0.2, 0) is 0 Å². The summed E-state index contributed by atoms with van der Waals surface area (Å²) in [5, 5.41) is 13.4. The van der Waals surface area contributed by atoms with Crippen LogP contribution in [0.15, 0.2) is 12.1 Å². The van der Waals surface area contributed by atoms with Crippen LogP contribution in [0.3, 0.4) is 0 Å². The Kier molecular flexibility index (Phi) is 3.86. The van der Waals surface area contributed by atoms with Crippen molar-refractivity contribution in [1.29, 1.82) is 0 Å². The number of aromatic hydroxyl groups is 1. The van der Waals surface area contributed by atoms with Gasteiger partial charge in [-0.2, -0.15) is 0 Å². The highest BCUT2D eigenvalue weighted by Gasteiger charge is 2.24. The highest BCUT2D eigenvalue weighted by Crippen LogP contribution is 2.36. The Bertz CT molecular complexity index is 408. The highest BCUT2D eigenvalue weighted by atomic mass is 35.5. The Labute approximate surface area is 105 Å². The third-order valence-corrected chi connectivity index (χ3v) is 3.56. The first-order valence-corrected chi connectivity index (χ1v) is 6.10. The van der Waals surface area contributed by atoms with Gasteiger partial charge in [-0.25, -0.2) is 4.39 Å². The van der Waals surface area contributed by atoms with Gasteiger partial charge >= 0.3 is 0 Å². The molecule has 0 saturated carbocycles. The molecule has 1 aliphatic heterocycles. The molecular formula is C12H16ClFN2O. The van der Waals surface area contributed by atoms with E-state index in [0.29, 0.717) is 10.6 Å². The van der Waals surface area contributed by atoms with Gasteiger partial charge in [0.2, 0.25) is 0 Å². The maximum atomic E-state index is 13.3. The fourth-order valence-electron chi connectivity index (χ4n) is 2.21. The summed E-state index contributed by atoms with van der Waals surface area (Å²) in [4.78, 5) is 2.18.